The Bertz CT molecular complexity index is 1000. The molecule has 0 bridgehead atoms. The maximum atomic E-state index is 12.8. The second-order valence-electron chi connectivity index (χ2n) is 7.06. The highest BCUT2D eigenvalue weighted by Gasteiger charge is 2.18. The molecule has 0 aliphatic carbocycles. The number of carbonyl (C=O) groups is 1. The van der Waals surface area contributed by atoms with Crippen LogP contribution in [-0.4, -0.2) is 35.0 Å². The van der Waals surface area contributed by atoms with Gasteiger partial charge in [0.2, 0.25) is 0 Å². The van der Waals surface area contributed by atoms with E-state index in [1.807, 2.05) is 70.1 Å². The van der Waals surface area contributed by atoms with Crippen molar-refractivity contribution in [2.45, 2.75) is 27.7 Å². The van der Waals surface area contributed by atoms with Crippen molar-refractivity contribution in [2.24, 2.45) is 0 Å². The van der Waals surface area contributed by atoms with Crippen LogP contribution >= 0.6 is 0 Å². The third-order valence-electron chi connectivity index (χ3n) is 4.54. The van der Waals surface area contributed by atoms with Gasteiger partial charge in [0.25, 0.3) is 5.91 Å². The van der Waals surface area contributed by atoms with Gasteiger partial charge < -0.3 is 10.2 Å². The topological polar surface area (TPSA) is 63.1 Å². The fourth-order valence-electron chi connectivity index (χ4n) is 2.97. The van der Waals surface area contributed by atoms with Gasteiger partial charge in [0.15, 0.2) is 5.69 Å². The SMILES string of the molecule is Cc1ccc(-n2nc(C)c(C(=O)Nc3ccc(N(C)C)cc3C)n2)c(C)c1. The van der Waals surface area contributed by atoms with Gasteiger partial charge in [0.05, 0.1) is 11.4 Å². The van der Waals surface area contributed by atoms with Crippen LogP contribution in [0.15, 0.2) is 36.4 Å². The molecule has 6 nitrogen and oxygen atoms in total. The summed E-state index contributed by atoms with van der Waals surface area (Å²) in [6.45, 7) is 7.82. The maximum absolute atomic E-state index is 12.8. The Labute approximate surface area is 159 Å². The van der Waals surface area contributed by atoms with E-state index in [1.54, 1.807) is 6.92 Å². The summed E-state index contributed by atoms with van der Waals surface area (Å²) < 4.78 is 0. The number of carbonyl (C=O) groups excluding carboxylic acids is 1. The van der Waals surface area contributed by atoms with Gasteiger partial charge in [-0.15, -0.1) is 5.10 Å². The number of aryl methyl sites for hydroxylation is 4. The van der Waals surface area contributed by atoms with Gasteiger partial charge in [-0.25, -0.2) is 0 Å². The molecular formula is C21H25N5O. The Balaban J connectivity index is 1.87. The molecule has 1 aromatic heterocycles. The molecule has 0 aliphatic rings. The van der Waals surface area contributed by atoms with E-state index in [0.29, 0.717) is 11.4 Å². The number of amides is 1. The smallest absolute Gasteiger partial charge is 0.278 e. The summed E-state index contributed by atoms with van der Waals surface area (Å²) in [6, 6.07) is 12.0. The number of rotatable bonds is 4. The second-order valence-corrected chi connectivity index (χ2v) is 7.06. The van der Waals surface area contributed by atoms with Crippen molar-refractivity contribution in [3.8, 4) is 5.69 Å². The molecule has 1 N–H and O–H groups in total. The fourth-order valence-corrected chi connectivity index (χ4v) is 2.97. The van der Waals surface area contributed by atoms with Gasteiger partial charge in [-0.1, -0.05) is 17.7 Å². The number of nitrogens with one attached hydrogen (secondary N) is 1. The molecule has 0 unspecified atom stereocenters. The Kier molecular flexibility index (Phi) is 4.99. The van der Waals surface area contributed by atoms with Crippen LogP contribution in [0.2, 0.25) is 0 Å². The van der Waals surface area contributed by atoms with E-state index < -0.39 is 0 Å². The molecule has 2 aromatic carbocycles. The predicted octanol–water partition coefficient (Wildman–Crippen LogP) is 3.82. The lowest BCUT2D eigenvalue weighted by Crippen LogP contribution is -2.15. The Morgan fingerprint density at radius 3 is 2.33 bits per heavy atom. The molecule has 27 heavy (non-hydrogen) atoms. The lowest BCUT2D eigenvalue weighted by atomic mass is 10.1. The molecule has 0 saturated heterocycles. The van der Waals surface area contributed by atoms with E-state index in [0.717, 1.165) is 28.2 Å². The maximum Gasteiger partial charge on any atom is 0.278 e. The molecular weight excluding hydrogens is 338 g/mol. The van der Waals surface area contributed by atoms with Crippen LogP contribution in [-0.2, 0) is 0 Å². The lowest BCUT2D eigenvalue weighted by Gasteiger charge is -2.15. The van der Waals surface area contributed by atoms with E-state index in [9.17, 15) is 4.79 Å². The first-order valence-electron chi connectivity index (χ1n) is 8.87. The van der Waals surface area contributed by atoms with Crippen molar-refractivity contribution < 1.29 is 4.79 Å². The molecule has 6 heteroatoms. The van der Waals surface area contributed by atoms with Crippen LogP contribution in [0, 0.1) is 27.7 Å². The number of benzene rings is 2. The van der Waals surface area contributed by atoms with Crippen LogP contribution in [0.4, 0.5) is 11.4 Å². The first kappa shape index (κ1) is 18.6. The van der Waals surface area contributed by atoms with Crippen molar-refractivity contribution in [2.75, 3.05) is 24.3 Å². The average Bonchev–Trinajstić information content (AvgIpc) is 2.98. The molecule has 140 valence electrons. The Hall–Kier alpha value is -3.15. The van der Waals surface area contributed by atoms with Gasteiger partial charge in [-0.3, -0.25) is 4.79 Å². The average molecular weight is 363 g/mol. The molecule has 1 heterocycles. The van der Waals surface area contributed by atoms with Crippen LogP contribution in [0.3, 0.4) is 0 Å². The van der Waals surface area contributed by atoms with Crippen molar-refractivity contribution in [1.82, 2.24) is 15.0 Å². The number of aromatic nitrogens is 3. The summed E-state index contributed by atoms with van der Waals surface area (Å²) in [5.41, 5.74) is 6.87. The predicted molar refractivity (Wildman–Crippen MR) is 109 cm³/mol. The molecule has 0 fully saturated rings. The number of hydrogen-bond donors (Lipinski definition) is 1. The van der Waals surface area contributed by atoms with E-state index in [-0.39, 0.29) is 5.91 Å². The van der Waals surface area contributed by atoms with Crippen LogP contribution in [0.25, 0.3) is 5.69 Å². The van der Waals surface area contributed by atoms with Crippen molar-refractivity contribution >= 4 is 17.3 Å². The molecule has 3 rings (SSSR count). The molecule has 0 spiro atoms. The number of nitrogens with zero attached hydrogens (tertiary/aromatic N) is 4. The molecule has 3 aromatic rings. The van der Waals surface area contributed by atoms with Crippen LogP contribution in [0.5, 0.6) is 0 Å². The quantitative estimate of drug-likeness (QED) is 0.765. The van der Waals surface area contributed by atoms with Crippen molar-refractivity contribution in [3.05, 3.63) is 64.5 Å². The second kappa shape index (κ2) is 7.23. The van der Waals surface area contributed by atoms with Gasteiger partial charge >= 0.3 is 0 Å². The summed E-state index contributed by atoms with van der Waals surface area (Å²) in [5.74, 6) is -0.260. The number of hydrogen-bond acceptors (Lipinski definition) is 4. The zero-order valence-electron chi connectivity index (χ0n) is 16.7. The lowest BCUT2D eigenvalue weighted by molar-refractivity contribution is 0.102. The summed E-state index contributed by atoms with van der Waals surface area (Å²) in [4.78, 5) is 16.3. The molecule has 0 saturated carbocycles. The van der Waals surface area contributed by atoms with Crippen LogP contribution < -0.4 is 10.2 Å². The highest BCUT2D eigenvalue weighted by atomic mass is 16.2. The van der Waals surface area contributed by atoms with Gasteiger partial charge in [-0.05, 0) is 63.1 Å². The first-order valence-corrected chi connectivity index (χ1v) is 8.87. The van der Waals surface area contributed by atoms with E-state index >= 15 is 0 Å². The summed E-state index contributed by atoms with van der Waals surface area (Å²) in [7, 11) is 3.98. The van der Waals surface area contributed by atoms with E-state index in [2.05, 4.69) is 21.6 Å². The summed E-state index contributed by atoms with van der Waals surface area (Å²) in [5, 5.41) is 11.8. The largest absolute Gasteiger partial charge is 0.378 e. The minimum atomic E-state index is -0.260. The van der Waals surface area contributed by atoms with Gasteiger partial charge in [0.1, 0.15) is 0 Å². The monoisotopic (exact) mass is 363 g/mol. The third kappa shape index (κ3) is 3.84. The Morgan fingerprint density at radius 2 is 1.70 bits per heavy atom. The minimum Gasteiger partial charge on any atom is -0.378 e. The van der Waals surface area contributed by atoms with Gasteiger partial charge in [0, 0.05) is 25.5 Å². The molecule has 0 aliphatic heterocycles. The van der Waals surface area contributed by atoms with Crippen LogP contribution in [0.1, 0.15) is 32.9 Å². The Morgan fingerprint density at radius 1 is 0.963 bits per heavy atom. The normalized spacial score (nSPS) is 10.7. The summed E-state index contributed by atoms with van der Waals surface area (Å²) >= 11 is 0. The van der Waals surface area contributed by atoms with Crippen molar-refractivity contribution in [3.63, 3.8) is 0 Å². The van der Waals surface area contributed by atoms with E-state index in [1.165, 1.54) is 10.4 Å². The molecule has 0 radical (unpaired) electrons. The highest BCUT2D eigenvalue weighted by molar-refractivity contribution is 6.04. The summed E-state index contributed by atoms with van der Waals surface area (Å²) in [6.07, 6.45) is 0. The van der Waals surface area contributed by atoms with Crippen molar-refractivity contribution in [1.29, 1.82) is 0 Å². The van der Waals surface area contributed by atoms with E-state index in [4.69, 9.17) is 0 Å². The first-order chi connectivity index (χ1) is 12.8. The number of anilines is 2. The zero-order chi connectivity index (χ0) is 19.7. The molecule has 0 atom stereocenters. The highest BCUT2D eigenvalue weighted by Crippen LogP contribution is 2.22. The molecule has 1 amide bonds. The third-order valence-corrected chi connectivity index (χ3v) is 4.54. The van der Waals surface area contributed by atoms with Gasteiger partial charge in [-0.2, -0.15) is 9.90 Å². The fraction of sp³-hybridized carbons (Fsp3) is 0.286. The standard InChI is InChI=1S/C21H25N5O/c1-13-7-10-19(15(3)11-13)26-23-16(4)20(24-26)21(27)22-18-9-8-17(25(5)6)12-14(18)2/h7-12H,1-6H3,(H,22,27). The zero-order valence-corrected chi connectivity index (χ0v) is 16.7. The minimum absolute atomic E-state index is 0.260.